The van der Waals surface area contributed by atoms with Gasteiger partial charge in [0.05, 0.1) is 7.11 Å². The highest BCUT2D eigenvalue weighted by Crippen LogP contribution is 2.50. The molecule has 30 heavy (non-hydrogen) atoms. The van der Waals surface area contributed by atoms with E-state index in [9.17, 15) is 4.79 Å². The maximum atomic E-state index is 12.8. The largest absolute Gasteiger partial charge is 0.496 e. The van der Waals surface area contributed by atoms with Gasteiger partial charge in [-0.3, -0.25) is 0 Å². The van der Waals surface area contributed by atoms with Crippen LogP contribution in [-0.4, -0.2) is 46.3 Å². The number of aromatic nitrogens is 1. The van der Waals surface area contributed by atoms with Crippen LogP contribution in [0.3, 0.4) is 0 Å². The number of rotatable bonds is 5. The Morgan fingerprint density at radius 2 is 1.57 bits per heavy atom. The fourth-order valence-electron chi connectivity index (χ4n) is 3.91. The molecule has 0 N–H and O–H groups in total. The summed E-state index contributed by atoms with van der Waals surface area (Å²) in [6, 6.07) is 17.6. The van der Waals surface area contributed by atoms with Gasteiger partial charge >= 0.3 is 5.97 Å². The Morgan fingerprint density at radius 3 is 2.20 bits per heavy atom. The van der Waals surface area contributed by atoms with Gasteiger partial charge in [-0.25, -0.2) is 9.78 Å². The summed E-state index contributed by atoms with van der Waals surface area (Å²) in [5.41, 5.74) is 3.54. The van der Waals surface area contributed by atoms with Crippen LogP contribution >= 0.6 is 0 Å². The molecule has 0 fully saturated rings. The highest BCUT2D eigenvalue weighted by Gasteiger charge is 2.51. The molecule has 0 bridgehead atoms. The lowest BCUT2D eigenvalue weighted by molar-refractivity contribution is 0.0242. The number of nitrogens with zero attached hydrogens (tertiary/aromatic N) is 3. The molecule has 6 heteroatoms. The van der Waals surface area contributed by atoms with E-state index in [-0.39, 0.29) is 0 Å². The Hall–Kier alpha value is -3.54. The van der Waals surface area contributed by atoms with Crippen molar-refractivity contribution < 1.29 is 14.3 Å². The summed E-state index contributed by atoms with van der Waals surface area (Å²) >= 11 is 0. The number of ether oxygens (including phenoxy) is 2. The smallest absolute Gasteiger partial charge is 0.358 e. The fraction of sp³-hybridized carbons (Fsp3) is 0.250. The Bertz CT molecular complexity index is 1090. The number of pyridine rings is 1. The minimum Gasteiger partial charge on any atom is -0.496 e. The molecule has 1 aliphatic heterocycles. The maximum absolute atomic E-state index is 12.8. The van der Waals surface area contributed by atoms with E-state index in [1.54, 1.807) is 13.3 Å². The molecule has 1 atom stereocenters. The Balaban J connectivity index is 2.01. The zero-order chi connectivity index (χ0) is 21.5. The molecule has 154 valence electrons. The summed E-state index contributed by atoms with van der Waals surface area (Å²) < 4.78 is 11.9. The van der Waals surface area contributed by atoms with Gasteiger partial charge in [0.15, 0.2) is 11.3 Å². The van der Waals surface area contributed by atoms with E-state index in [1.165, 1.54) is 0 Å². The summed E-state index contributed by atoms with van der Waals surface area (Å²) in [7, 11) is 9.55. The van der Waals surface area contributed by atoms with Crippen LogP contribution in [0.15, 0.2) is 60.8 Å². The first kappa shape index (κ1) is 19.8. The molecule has 0 saturated heterocycles. The summed E-state index contributed by atoms with van der Waals surface area (Å²) in [5, 5.41) is 0. The number of fused-ring (bicyclic) bond motifs is 1. The normalized spacial score (nSPS) is 17.3. The molecule has 0 spiro atoms. The van der Waals surface area contributed by atoms with E-state index in [1.807, 2.05) is 92.6 Å². The lowest BCUT2D eigenvalue weighted by atomic mass is 9.80. The van der Waals surface area contributed by atoms with E-state index in [2.05, 4.69) is 4.98 Å². The van der Waals surface area contributed by atoms with Gasteiger partial charge < -0.3 is 19.3 Å². The lowest BCUT2D eigenvalue weighted by Crippen LogP contribution is -2.30. The van der Waals surface area contributed by atoms with Crippen LogP contribution in [0.1, 0.15) is 27.2 Å². The Labute approximate surface area is 176 Å². The summed E-state index contributed by atoms with van der Waals surface area (Å²) in [5.74, 6) is 0.198. The minimum absolute atomic E-state index is 0.327. The van der Waals surface area contributed by atoms with Crippen molar-refractivity contribution in [3.05, 3.63) is 83.2 Å². The third-order valence-electron chi connectivity index (χ3n) is 5.50. The average molecular weight is 403 g/mol. The van der Waals surface area contributed by atoms with Gasteiger partial charge in [0, 0.05) is 68.5 Å². The van der Waals surface area contributed by atoms with Crippen LogP contribution in [0.5, 0.6) is 5.75 Å². The first-order chi connectivity index (χ1) is 14.4. The average Bonchev–Trinajstić information content (AvgIpc) is 3.07. The van der Waals surface area contributed by atoms with Crippen molar-refractivity contribution in [2.45, 2.75) is 5.60 Å². The highest BCUT2D eigenvalue weighted by atomic mass is 16.6. The van der Waals surface area contributed by atoms with Crippen LogP contribution in [0.2, 0.25) is 0 Å². The first-order valence-electron chi connectivity index (χ1n) is 9.71. The summed E-state index contributed by atoms with van der Waals surface area (Å²) in [4.78, 5) is 21.2. The number of hydrogen-bond acceptors (Lipinski definition) is 6. The number of benzene rings is 2. The van der Waals surface area contributed by atoms with E-state index < -0.39 is 11.6 Å². The molecule has 1 unspecified atom stereocenters. The molecule has 0 aliphatic carbocycles. The van der Waals surface area contributed by atoms with Crippen molar-refractivity contribution >= 4 is 17.3 Å². The van der Waals surface area contributed by atoms with Crippen LogP contribution in [-0.2, 0) is 10.3 Å². The monoisotopic (exact) mass is 403 g/mol. The van der Waals surface area contributed by atoms with E-state index in [4.69, 9.17) is 9.47 Å². The SMILES string of the molecule is COc1cc(N(C)C)ccc1C1(c2ccc(N(C)C)cc2)OC(=O)c2ncccc21. The molecular formula is C24H25N3O3. The van der Waals surface area contributed by atoms with Gasteiger partial charge in [-0.2, -0.15) is 0 Å². The number of cyclic esters (lactones) is 1. The second-order valence-electron chi connectivity index (χ2n) is 7.69. The molecule has 1 aromatic heterocycles. The van der Waals surface area contributed by atoms with Crippen molar-refractivity contribution in [1.82, 2.24) is 4.98 Å². The number of carbonyl (C=O) groups excluding carboxylic acids is 1. The Kier molecular flexibility index (Phi) is 4.86. The van der Waals surface area contributed by atoms with Gasteiger partial charge in [-0.15, -0.1) is 0 Å². The van der Waals surface area contributed by atoms with Crippen molar-refractivity contribution in [2.75, 3.05) is 45.1 Å². The topological polar surface area (TPSA) is 54.9 Å². The molecule has 3 aromatic rings. The summed E-state index contributed by atoms with van der Waals surface area (Å²) in [6.45, 7) is 0. The van der Waals surface area contributed by atoms with Crippen molar-refractivity contribution in [3.8, 4) is 5.75 Å². The molecule has 0 radical (unpaired) electrons. The van der Waals surface area contributed by atoms with Crippen molar-refractivity contribution in [2.24, 2.45) is 0 Å². The first-order valence-corrected chi connectivity index (χ1v) is 9.71. The number of esters is 1. The minimum atomic E-state index is -1.14. The summed E-state index contributed by atoms with van der Waals surface area (Å²) in [6.07, 6.45) is 1.61. The van der Waals surface area contributed by atoms with Gasteiger partial charge in [0.25, 0.3) is 0 Å². The van der Waals surface area contributed by atoms with Gasteiger partial charge in [0.2, 0.25) is 0 Å². The molecule has 2 aromatic carbocycles. The predicted octanol–water partition coefficient (Wildman–Crippen LogP) is 3.68. The van der Waals surface area contributed by atoms with Crippen LogP contribution in [0.4, 0.5) is 11.4 Å². The second-order valence-corrected chi connectivity index (χ2v) is 7.69. The number of hydrogen-bond donors (Lipinski definition) is 0. The molecule has 6 nitrogen and oxygen atoms in total. The van der Waals surface area contributed by atoms with E-state index >= 15 is 0 Å². The quantitative estimate of drug-likeness (QED) is 0.606. The molecular weight excluding hydrogens is 378 g/mol. The molecule has 2 heterocycles. The maximum Gasteiger partial charge on any atom is 0.358 e. The zero-order valence-electron chi connectivity index (χ0n) is 17.8. The fourth-order valence-corrected chi connectivity index (χ4v) is 3.91. The van der Waals surface area contributed by atoms with Gasteiger partial charge in [-0.05, 0) is 30.3 Å². The third-order valence-corrected chi connectivity index (χ3v) is 5.50. The van der Waals surface area contributed by atoms with Crippen LogP contribution < -0.4 is 14.5 Å². The highest BCUT2D eigenvalue weighted by molar-refractivity contribution is 5.94. The third kappa shape index (κ3) is 2.96. The van der Waals surface area contributed by atoms with Crippen LogP contribution in [0.25, 0.3) is 0 Å². The lowest BCUT2D eigenvalue weighted by Gasteiger charge is -2.32. The van der Waals surface area contributed by atoms with E-state index in [0.717, 1.165) is 22.5 Å². The standard InChI is InChI=1S/C24H25N3O3/c1-26(2)17-10-8-16(9-11-17)24(20-7-6-14-25-22(20)23(28)30-24)19-13-12-18(27(3)4)15-21(19)29-5/h6-15H,1-5H3. The van der Waals surface area contributed by atoms with Crippen molar-refractivity contribution in [1.29, 1.82) is 0 Å². The van der Waals surface area contributed by atoms with E-state index in [0.29, 0.717) is 17.0 Å². The van der Waals surface area contributed by atoms with Gasteiger partial charge in [-0.1, -0.05) is 18.2 Å². The number of anilines is 2. The second kappa shape index (κ2) is 7.37. The molecule has 0 saturated carbocycles. The Morgan fingerprint density at radius 1 is 0.900 bits per heavy atom. The molecule has 0 amide bonds. The number of methoxy groups -OCH3 is 1. The van der Waals surface area contributed by atoms with Crippen molar-refractivity contribution in [3.63, 3.8) is 0 Å². The van der Waals surface area contributed by atoms with Gasteiger partial charge in [0.1, 0.15) is 5.75 Å². The van der Waals surface area contributed by atoms with Crippen LogP contribution in [0, 0.1) is 0 Å². The zero-order valence-corrected chi connectivity index (χ0v) is 17.8. The number of carbonyl (C=O) groups is 1. The molecule has 4 rings (SSSR count). The molecule has 1 aliphatic rings. The predicted molar refractivity (Wildman–Crippen MR) is 118 cm³/mol.